The number of nitrogens with zero attached hydrogens (tertiary/aromatic N) is 8. The Morgan fingerprint density at radius 1 is 0.619 bits per heavy atom. The highest BCUT2D eigenvalue weighted by atomic mass is 16.2. The van der Waals surface area contributed by atoms with Crippen molar-refractivity contribution in [1.82, 2.24) is 28.9 Å². The third-order valence-corrected chi connectivity index (χ3v) is 6.23. The summed E-state index contributed by atoms with van der Waals surface area (Å²) >= 11 is 0. The maximum atomic E-state index is 12.8. The number of carbonyl (C=O) groups excluding carboxylic acids is 2. The summed E-state index contributed by atoms with van der Waals surface area (Å²) in [5, 5.41) is 16.9. The van der Waals surface area contributed by atoms with Gasteiger partial charge in [-0.05, 0) is 22.3 Å². The molecule has 0 radical (unpaired) electrons. The van der Waals surface area contributed by atoms with Gasteiger partial charge >= 0.3 is 11.4 Å². The average Bonchev–Trinajstić information content (AvgIpc) is 3.47. The zero-order valence-electron chi connectivity index (χ0n) is 22.9. The van der Waals surface area contributed by atoms with Gasteiger partial charge in [0.25, 0.3) is 0 Å². The molecule has 0 atom stereocenters. The zero-order valence-corrected chi connectivity index (χ0v) is 22.9. The van der Waals surface area contributed by atoms with Gasteiger partial charge in [-0.15, -0.1) is 19.6 Å². The van der Waals surface area contributed by atoms with Crippen molar-refractivity contribution in [1.29, 1.82) is 0 Å². The molecule has 0 amide bonds. The number of rotatable bonds is 8. The van der Waals surface area contributed by atoms with E-state index in [1.807, 2.05) is 60.7 Å². The molecule has 0 unspecified atom stereocenters. The fourth-order valence-corrected chi connectivity index (χ4v) is 4.14. The lowest BCUT2D eigenvalue weighted by atomic mass is 10.1. The molecule has 210 valence electrons. The standard InChI is InChI=1S/C30H26N8O4/c1-21(39)35-29(41)37(27(33-35)17-23-9-5-3-6-10-23)31-19-25-13-15-26(16-14-25)20-32-38-28(18-24-11-7-4-8-12-24)34-36(22(2)40)30(38)42/h3-16,19-20H,17-18H2,1-2H3/b31-19+,32-20+. The smallest absolute Gasteiger partial charge is 0.273 e. The number of carbonyl (C=O) groups is 2. The van der Waals surface area contributed by atoms with Gasteiger partial charge in [0, 0.05) is 26.7 Å². The van der Waals surface area contributed by atoms with E-state index in [-0.39, 0.29) is 0 Å². The van der Waals surface area contributed by atoms with Gasteiger partial charge in [0.05, 0.1) is 12.4 Å². The van der Waals surface area contributed by atoms with Crippen LogP contribution < -0.4 is 11.4 Å². The zero-order chi connectivity index (χ0) is 29.6. The Labute approximate surface area is 239 Å². The molecule has 0 bridgehead atoms. The molecule has 5 aromatic rings. The van der Waals surface area contributed by atoms with E-state index in [0.717, 1.165) is 29.8 Å². The average molecular weight is 563 g/mol. The molecule has 0 saturated carbocycles. The molecular weight excluding hydrogens is 536 g/mol. The molecule has 0 aliphatic heterocycles. The molecular formula is C30H26N8O4. The predicted octanol–water partition coefficient (Wildman–Crippen LogP) is 2.67. The Hall–Kier alpha value is -5.78. The minimum Gasteiger partial charge on any atom is -0.273 e. The molecule has 0 saturated heterocycles. The van der Waals surface area contributed by atoms with Gasteiger partial charge < -0.3 is 0 Å². The van der Waals surface area contributed by atoms with E-state index in [4.69, 9.17) is 0 Å². The van der Waals surface area contributed by atoms with Crippen molar-refractivity contribution in [2.24, 2.45) is 10.2 Å². The Bertz CT molecular complexity index is 1770. The van der Waals surface area contributed by atoms with E-state index in [1.54, 1.807) is 24.3 Å². The highest BCUT2D eigenvalue weighted by Gasteiger charge is 2.17. The van der Waals surface area contributed by atoms with Gasteiger partial charge in [-0.2, -0.15) is 19.6 Å². The third-order valence-electron chi connectivity index (χ3n) is 6.23. The molecule has 0 aliphatic carbocycles. The van der Waals surface area contributed by atoms with E-state index < -0.39 is 23.2 Å². The summed E-state index contributed by atoms with van der Waals surface area (Å²) in [7, 11) is 0. The molecule has 2 heterocycles. The fraction of sp³-hybridized carbons (Fsp3) is 0.133. The van der Waals surface area contributed by atoms with E-state index in [1.165, 1.54) is 26.3 Å². The van der Waals surface area contributed by atoms with Gasteiger partial charge in [-0.25, -0.2) is 9.59 Å². The van der Waals surface area contributed by atoms with Crippen LogP contribution in [-0.2, 0) is 12.8 Å². The van der Waals surface area contributed by atoms with Crippen LogP contribution in [0.15, 0.2) is 105 Å². The quantitative estimate of drug-likeness (QED) is 0.267. The summed E-state index contributed by atoms with van der Waals surface area (Å²) in [6, 6.07) is 25.9. The van der Waals surface area contributed by atoms with Crippen LogP contribution in [0.3, 0.4) is 0 Å². The Kier molecular flexibility index (Phi) is 8.05. The summed E-state index contributed by atoms with van der Waals surface area (Å²) in [6.45, 7) is 2.53. The second-order valence-corrected chi connectivity index (χ2v) is 9.36. The Morgan fingerprint density at radius 3 is 1.31 bits per heavy atom. The van der Waals surface area contributed by atoms with Gasteiger partial charge in [0.15, 0.2) is 11.6 Å². The monoisotopic (exact) mass is 562 g/mol. The molecule has 2 aromatic heterocycles. The first-order valence-electron chi connectivity index (χ1n) is 13.0. The van der Waals surface area contributed by atoms with Crippen LogP contribution in [0.1, 0.15) is 57.3 Å². The Morgan fingerprint density at radius 2 is 0.976 bits per heavy atom. The largest absolute Gasteiger partial charge is 0.374 e. The van der Waals surface area contributed by atoms with Crippen molar-refractivity contribution in [2.75, 3.05) is 0 Å². The molecule has 12 heteroatoms. The van der Waals surface area contributed by atoms with Crippen LogP contribution in [0.5, 0.6) is 0 Å². The summed E-state index contributed by atoms with van der Waals surface area (Å²) in [5.41, 5.74) is 1.86. The normalized spacial score (nSPS) is 11.5. The van der Waals surface area contributed by atoms with E-state index in [9.17, 15) is 19.2 Å². The lowest BCUT2D eigenvalue weighted by Gasteiger charge is -2.01. The van der Waals surface area contributed by atoms with Gasteiger partial charge in [0.1, 0.15) is 0 Å². The third kappa shape index (κ3) is 6.17. The maximum absolute atomic E-state index is 12.8. The van der Waals surface area contributed by atoms with Crippen LogP contribution in [0.4, 0.5) is 0 Å². The van der Waals surface area contributed by atoms with Crippen LogP contribution in [0, 0.1) is 0 Å². The van der Waals surface area contributed by atoms with Crippen molar-refractivity contribution in [3.05, 3.63) is 140 Å². The Balaban J connectivity index is 1.38. The van der Waals surface area contributed by atoms with Crippen molar-refractivity contribution in [3.63, 3.8) is 0 Å². The topological polar surface area (TPSA) is 138 Å². The molecule has 42 heavy (non-hydrogen) atoms. The van der Waals surface area contributed by atoms with E-state index in [0.29, 0.717) is 35.6 Å². The number of aromatic nitrogens is 6. The van der Waals surface area contributed by atoms with Crippen LogP contribution >= 0.6 is 0 Å². The van der Waals surface area contributed by atoms with Crippen molar-refractivity contribution >= 4 is 24.2 Å². The van der Waals surface area contributed by atoms with Crippen molar-refractivity contribution in [2.45, 2.75) is 26.7 Å². The molecule has 0 fully saturated rings. The van der Waals surface area contributed by atoms with Crippen LogP contribution in [-0.4, -0.2) is 53.2 Å². The SMILES string of the molecule is CC(=O)n1nc(Cc2ccccc2)n(/N=C/c2ccc(/C=N/n3c(Cc4ccccc4)nn(C(C)=O)c3=O)cc2)c1=O. The van der Waals surface area contributed by atoms with Gasteiger partial charge in [0.2, 0.25) is 11.8 Å². The molecule has 12 nitrogen and oxygen atoms in total. The van der Waals surface area contributed by atoms with E-state index in [2.05, 4.69) is 20.4 Å². The first kappa shape index (κ1) is 27.8. The van der Waals surface area contributed by atoms with Crippen molar-refractivity contribution in [3.8, 4) is 0 Å². The lowest BCUT2D eigenvalue weighted by molar-refractivity contribution is 0.0907. The van der Waals surface area contributed by atoms with Crippen LogP contribution in [0.25, 0.3) is 0 Å². The molecule has 5 rings (SSSR count). The molecule has 3 aromatic carbocycles. The number of hydrogen-bond acceptors (Lipinski definition) is 8. The summed E-state index contributed by atoms with van der Waals surface area (Å²) < 4.78 is 3.79. The molecule has 0 N–H and O–H groups in total. The minimum absolute atomic E-state index is 0.314. The first-order chi connectivity index (χ1) is 20.3. The summed E-state index contributed by atoms with van der Waals surface area (Å²) in [6.07, 6.45) is 3.61. The first-order valence-corrected chi connectivity index (χ1v) is 13.0. The number of benzene rings is 3. The lowest BCUT2D eigenvalue weighted by Crippen LogP contribution is -2.27. The summed E-state index contributed by atoms with van der Waals surface area (Å²) in [4.78, 5) is 49.4. The second-order valence-electron chi connectivity index (χ2n) is 9.36. The van der Waals surface area contributed by atoms with Crippen molar-refractivity contribution < 1.29 is 9.59 Å². The van der Waals surface area contributed by atoms with Gasteiger partial charge in [-0.3, -0.25) is 9.59 Å². The predicted molar refractivity (Wildman–Crippen MR) is 156 cm³/mol. The maximum Gasteiger partial charge on any atom is 0.374 e. The van der Waals surface area contributed by atoms with Gasteiger partial charge in [-0.1, -0.05) is 84.9 Å². The highest BCUT2D eigenvalue weighted by molar-refractivity contribution is 5.84. The highest BCUT2D eigenvalue weighted by Crippen LogP contribution is 2.08. The molecule has 0 aliphatic rings. The minimum atomic E-state index is -0.656. The van der Waals surface area contributed by atoms with E-state index >= 15 is 0 Å². The van der Waals surface area contributed by atoms with Crippen LogP contribution in [0.2, 0.25) is 0 Å². The fourth-order valence-electron chi connectivity index (χ4n) is 4.14. The second kappa shape index (κ2) is 12.2. The summed E-state index contributed by atoms with van der Waals surface area (Å²) in [5.74, 6) is -0.368. The number of hydrogen-bond donors (Lipinski definition) is 0. The molecule has 0 spiro atoms.